The zero-order valence-electron chi connectivity index (χ0n) is 22.3. The number of hydrogen-bond donors (Lipinski definition) is 2. The molecule has 1 aromatic carbocycles. The number of benzene rings is 1. The van der Waals surface area contributed by atoms with E-state index in [0.29, 0.717) is 24.0 Å². The van der Waals surface area contributed by atoms with Gasteiger partial charge in [-0.1, -0.05) is 0 Å². The second-order valence-corrected chi connectivity index (χ2v) is 8.71. The van der Waals surface area contributed by atoms with Gasteiger partial charge in [0.05, 0.1) is 5.52 Å². The smallest absolute Gasteiger partial charge is 0.550 e. The zero-order chi connectivity index (χ0) is 28.9. The van der Waals surface area contributed by atoms with E-state index in [1.807, 2.05) is 70.8 Å². The Labute approximate surface area is 251 Å². The van der Waals surface area contributed by atoms with E-state index in [2.05, 4.69) is 25.5 Å². The number of aromatic nitrogens is 2. The average Bonchev–Trinajstić information content (AvgIpc) is 3.67. The van der Waals surface area contributed by atoms with Crippen LogP contribution in [-0.4, -0.2) is 46.8 Å². The molecule has 214 valence electrons. The van der Waals surface area contributed by atoms with Crippen molar-refractivity contribution >= 4 is 52.1 Å². The van der Waals surface area contributed by atoms with Crippen LogP contribution in [0.5, 0.6) is 0 Å². The molecule has 12 heteroatoms. The molecule has 41 heavy (non-hydrogen) atoms. The van der Waals surface area contributed by atoms with Crippen molar-refractivity contribution in [3.8, 4) is 0 Å². The van der Waals surface area contributed by atoms with E-state index in [9.17, 15) is 29.4 Å². The SMILES string of the molecule is CCN(C[C]1[CH][CH][CH][CH]1)c1ccc2nc(NC(=O)CCC(=O)[O-])nc(NC(=O)CCC(=O)[O-])c2c1.[CH]1[CH][CH][CH][CH]1.[Fe+2]. The van der Waals surface area contributed by atoms with Crippen molar-refractivity contribution in [3.05, 3.63) is 81.9 Å². The molecule has 2 aromatic rings. The minimum Gasteiger partial charge on any atom is -0.550 e. The van der Waals surface area contributed by atoms with Gasteiger partial charge in [-0.15, -0.1) is 0 Å². The molecular formula is C29H29FeN5O6. The third-order valence-corrected chi connectivity index (χ3v) is 5.71. The molecule has 1 heterocycles. The van der Waals surface area contributed by atoms with Crippen LogP contribution in [-0.2, 0) is 36.2 Å². The fourth-order valence-corrected chi connectivity index (χ4v) is 3.72. The molecule has 1 aromatic heterocycles. The largest absolute Gasteiger partial charge is 2.00 e. The van der Waals surface area contributed by atoms with E-state index in [1.54, 1.807) is 12.1 Å². The van der Waals surface area contributed by atoms with Crippen LogP contribution in [0.2, 0.25) is 0 Å². The maximum Gasteiger partial charge on any atom is 2.00 e. The van der Waals surface area contributed by atoms with Gasteiger partial charge in [0.2, 0.25) is 17.8 Å². The summed E-state index contributed by atoms with van der Waals surface area (Å²) in [5.74, 6) is -2.87. The molecule has 2 fully saturated rings. The molecule has 2 aliphatic rings. The molecule has 10 radical (unpaired) electrons. The summed E-state index contributed by atoms with van der Waals surface area (Å²) >= 11 is 0. The van der Waals surface area contributed by atoms with Gasteiger partial charge in [0, 0.05) is 54.9 Å². The monoisotopic (exact) mass is 599 g/mol. The summed E-state index contributed by atoms with van der Waals surface area (Å²) in [5.41, 5.74) is 1.26. The molecule has 0 atom stereocenters. The Hall–Kier alpha value is -3.24. The Bertz CT molecular complexity index is 1180. The van der Waals surface area contributed by atoms with Crippen molar-refractivity contribution in [2.75, 3.05) is 28.6 Å². The molecule has 0 unspecified atom stereocenters. The first-order valence-electron chi connectivity index (χ1n) is 12.7. The van der Waals surface area contributed by atoms with Crippen LogP contribution < -0.4 is 25.7 Å². The number of anilines is 3. The first-order valence-corrected chi connectivity index (χ1v) is 12.7. The van der Waals surface area contributed by atoms with Gasteiger partial charge in [0.1, 0.15) is 5.82 Å². The van der Waals surface area contributed by atoms with Gasteiger partial charge in [-0.3, -0.25) is 14.9 Å². The first kappa shape index (κ1) is 34.0. The van der Waals surface area contributed by atoms with E-state index >= 15 is 0 Å². The average molecular weight is 599 g/mol. The maximum atomic E-state index is 12.3. The molecule has 4 rings (SSSR count). The predicted molar refractivity (Wildman–Crippen MR) is 145 cm³/mol. The molecule has 2 amide bonds. The van der Waals surface area contributed by atoms with E-state index in [0.717, 1.165) is 11.6 Å². The number of nitrogens with one attached hydrogen (secondary N) is 2. The third kappa shape index (κ3) is 11.6. The van der Waals surface area contributed by atoms with Crippen molar-refractivity contribution in [2.45, 2.75) is 32.6 Å². The summed E-state index contributed by atoms with van der Waals surface area (Å²) in [6, 6.07) is 5.37. The van der Waals surface area contributed by atoms with Crippen LogP contribution in [0.15, 0.2) is 18.2 Å². The summed E-state index contributed by atoms with van der Waals surface area (Å²) in [6.07, 6.45) is 16.4. The predicted octanol–water partition coefficient (Wildman–Crippen LogP) is 0.818. The molecule has 0 bridgehead atoms. The van der Waals surface area contributed by atoms with Gasteiger partial charge < -0.3 is 30.0 Å². The molecule has 2 N–H and O–H groups in total. The van der Waals surface area contributed by atoms with Crippen LogP contribution in [0.4, 0.5) is 17.5 Å². The van der Waals surface area contributed by atoms with Gasteiger partial charge in [0.15, 0.2) is 0 Å². The molecule has 0 saturated heterocycles. The number of aliphatic carboxylic acids is 2. The Kier molecular flexibility index (Phi) is 14.5. The third-order valence-electron chi connectivity index (χ3n) is 5.71. The number of carboxylic acids is 2. The van der Waals surface area contributed by atoms with E-state index in [1.165, 1.54) is 0 Å². The number of nitrogens with zero attached hydrogens (tertiary/aromatic N) is 3. The second kappa shape index (κ2) is 17.5. The van der Waals surface area contributed by atoms with Gasteiger partial charge >= 0.3 is 17.1 Å². The standard InChI is InChI=1S/C24H26N5O6.C5H5.Fe/c1-2-29(14-15-5-3-4-6-15)16-7-8-18-17(13-16)23(26-19(30)9-11-21(32)33)28-24(25-18)27-20(31)10-12-22(34)35;1-2-4-5-3-1;/h3-8,13H,2,9-12,14H2,1H3,(H,32,33)(H,34,35)(H2,25,26,27,28,30,31);1-5H;/q;;+2/p-2. The van der Waals surface area contributed by atoms with Crippen LogP contribution in [0.25, 0.3) is 10.9 Å². The van der Waals surface area contributed by atoms with Crippen LogP contribution >= 0.6 is 0 Å². The maximum absolute atomic E-state index is 12.3. The van der Waals surface area contributed by atoms with Crippen LogP contribution in [0, 0.1) is 63.7 Å². The Balaban J connectivity index is 0.000000883. The molecule has 0 spiro atoms. The first-order chi connectivity index (χ1) is 19.2. The Morgan fingerprint density at radius 1 is 0.780 bits per heavy atom. The topological polar surface area (TPSA) is 167 Å². The fraction of sp³-hybridized carbons (Fsp3) is 0.241. The number of carbonyl (C=O) groups is 4. The summed E-state index contributed by atoms with van der Waals surface area (Å²) in [5, 5.41) is 26.8. The quantitative estimate of drug-likeness (QED) is 0.336. The summed E-state index contributed by atoms with van der Waals surface area (Å²) < 4.78 is 0. The number of carboxylic acid groups (broad SMARTS) is 2. The van der Waals surface area contributed by atoms with Gasteiger partial charge in [-0.2, -0.15) is 4.98 Å². The molecular weight excluding hydrogens is 570 g/mol. The number of amides is 2. The summed E-state index contributed by atoms with van der Waals surface area (Å²) in [6.45, 7) is 3.38. The zero-order valence-corrected chi connectivity index (χ0v) is 23.4. The number of carbonyl (C=O) groups excluding carboxylic acids is 4. The van der Waals surface area contributed by atoms with E-state index < -0.39 is 36.6 Å². The molecule has 2 saturated carbocycles. The number of fused-ring (bicyclic) bond motifs is 1. The fourth-order valence-electron chi connectivity index (χ4n) is 3.72. The second-order valence-electron chi connectivity index (χ2n) is 8.71. The van der Waals surface area contributed by atoms with Gasteiger partial charge in [0.25, 0.3) is 0 Å². The minimum atomic E-state index is -1.37. The Morgan fingerprint density at radius 3 is 1.88 bits per heavy atom. The Morgan fingerprint density at radius 2 is 1.34 bits per heavy atom. The van der Waals surface area contributed by atoms with Crippen molar-refractivity contribution < 1.29 is 46.5 Å². The van der Waals surface area contributed by atoms with Crippen LogP contribution in [0.3, 0.4) is 0 Å². The van der Waals surface area contributed by atoms with Gasteiger partial charge in [-0.25, -0.2) is 4.98 Å². The minimum absolute atomic E-state index is 0. The number of hydrogen-bond acceptors (Lipinski definition) is 9. The number of rotatable bonds is 12. The summed E-state index contributed by atoms with van der Waals surface area (Å²) in [7, 11) is 0. The van der Waals surface area contributed by atoms with Crippen molar-refractivity contribution in [2.24, 2.45) is 0 Å². The normalized spacial score (nSPS) is 14.5. The molecule has 2 aliphatic carbocycles. The van der Waals surface area contributed by atoms with Crippen molar-refractivity contribution in [1.29, 1.82) is 0 Å². The summed E-state index contributed by atoms with van der Waals surface area (Å²) in [4.78, 5) is 56.3. The van der Waals surface area contributed by atoms with Crippen LogP contribution in [0.1, 0.15) is 32.6 Å². The van der Waals surface area contributed by atoms with Crippen molar-refractivity contribution in [3.63, 3.8) is 0 Å². The molecule has 11 nitrogen and oxygen atoms in total. The van der Waals surface area contributed by atoms with Crippen molar-refractivity contribution in [1.82, 2.24) is 9.97 Å². The molecule has 0 aliphatic heterocycles. The van der Waals surface area contributed by atoms with E-state index in [-0.39, 0.29) is 41.7 Å². The van der Waals surface area contributed by atoms with Gasteiger partial charge in [-0.05, 0) is 95.8 Å². The van der Waals surface area contributed by atoms with E-state index in [4.69, 9.17) is 0 Å².